The van der Waals surface area contributed by atoms with Gasteiger partial charge in [0.2, 0.25) is 5.91 Å². The zero-order chi connectivity index (χ0) is 22.4. The minimum atomic E-state index is -4.38. The zero-order valence-electron chi connectivity index (χ0n) is 16.8. The van der Waals surface area contributed by atoms with Crippen LogP contribution in [-0.4, -0.2) is 48.5 Å². The standard InChI is InChI=1S/C21H23F3N4O3/c22-21(23,24)16-3-1-4-19(15-16)26-11-13-27(14-12-26)20(29)5-2-10-25-17-6-8-18(9-7-17)28(30)31/h1,3-4,6-9,15,25H,2,5,10-14H2. The fourth-order valence-electron chi connectivity index (χ4n) is 3.42. The Hall–Kier alpha value is -3.30. The van der Waals surface area contributed by atoms with Gasteiger partial charge in [0, 0.05) is 62.7 Å². The molecule has 2 aromatic carbocycles. The van der Waals surface area contributed by atoms with Crippen LogP contribution in [0.1, 0.15) is 18.4 Å². The van der Waals surface area contributed by atoms with Gasteiger partial charge in [-0.15, -0.1) is 0 Å². The molecule has 1 fully saturated rings. The van der Waals surface area contributed by atoms with Gasteiger partial charge in [-0.2, -0.15) is 13.2 Å². The van der Waals surface area contributed by atoms with Crippen LogP contribution in [0.25, 0.3) is 0 Å². The molecule has 2 aromatic rings. The smallest absolute Gasteiger partial charge is 0.385 e. The van der Waals surface area contributed by atoms with Crippen LogP contribution in [-0.2, 0) is 11.0 Å². The molecule has 0 saturated carbocycles. The minimum absolute atomic E-state index is 0.00851. The van der Waals surface area contributed by atoms with Crippen LogP contribution < -0.4 is 10.2 Å². The number of nitro groups is 1. The van der Waals surface area contributed by atoms with Crippen molar-refractivity contribution >= 4 is 23.0 Å². The summed E-state index contributed by atoms with van der Waals surface area (Å²) in [6.07, 6.45) is -3.43. The number of hydrogen-bond donors (Lipinski definition) is 1. The topological polar surface area (TPSA) is 78.7 Å². The molecule has 0 spiro atoms. The maximum Gasteiger partial charge on any atom is 0.416 e. The summed E-state index contributed by atoms with van der Waals surface area (Å²) in [6.45, 7) is 2.44. The van der Waals surface area contributed by atoms with E-state index in [2.05, 4.69) is 5.32 Å². The van der Waals surface area contributed by atoms with Crippen LogP contribution >= 0.6 is 0 Å². The SMILES string of the molecule is O=C(CCCNc1ccc([N+](=O)[O-])cc1)N1CCN(c2cccc(C(F)(F)F)c2)CC1. The number of hydrogen-bond acceptors (Lipinski definition) is 5. The number of carbonyl (C=O) groups is 1. The molecule has 1 aliphatic rings. The van der Waals surface area contributed by atoms with Crippen molar-refractivity contribution in [2.45, 2.75) is 19.0 Å². The third-order valence-electron chi connectivity index (χ3n) is 5.15. The lowest BCUT2D eigenvalue weighted by Crippen LogP contribution is -2.48. The van der Waals surface area contributed by atoms with Crippen LogP contribution in [0.3, 0.4) is 0 Å². The van der Waals surface area contributed by atoms with Crippen LogP contribution in [0.4, 0.5) is 30.2 Å². The maximum absolute atomic E-state index is 12.9. The van der Waals surface area contributed by atoms with E-state index in [1.165, 1.54) is 18.2 Å². The largest absolute Gasteiger partial charge is 0.416 e. The molecular weight excluding hydrogens is 413 g/mol. The van der Waals surface area contributed by atoms with E-state index in [-0.39, 0.29) is 11.6 Å². The molecule has 0 aromatic heterocycles. The molecule has 0 radical (unpaired) electrons. The molecular formula is C21H23F3N4O3. The number of alkyl halides is 3. The van der Waals surface area contributed by atoms with Gasteiger partial charge in [-0.3, -0.25) is 14.9 Å². The molecule has 0 unspecified atom stereocenters. The van der Waals surface area contributed by atoms with Crippen molar-refractivity contribution in [1.29, 1.82) is 0 Å². The number of non-ortho nitro benzene ring substituents is 1. The first-order valence-electron chi connectivity index (χ1n) is 9.92. The quantitative estimate of drug-likeness (QED) is 0.401. The molecule has 7 nitrogen and oxygen atoms in total. The van der Waals surface area contributed by atoms with Gasteiger partial charge in [-0.1, -0.05) is 6.07 Å². The molecule has 31 heavy (non-hydrogen) atoms. The van der Waals surface area contributed by atoms with Crippen LogP contribution in [0.15, 0.2) is 48.5 Å². The molecule has 3 rings (SSSR count). The monoisotopic (exact) mass is 436 g/mol. The first-order valence-corrected chi connectivity index (χ1v) is 9.92. The van der Waals surface area contributed by atoms with Crippen LogP contribution in [0.5, 0.6) is 0 Å². The summed E-state index contributed by atoms with van der Waals surface area (Å²) in [5, 5.41) is 13.8. The van der Waals surface area contributed by atoms with Crippen molar-refractivity contribution in [3.8, 4) is 0 Å². The van der Waals surface area contributed by atoms with Gasteiger partial charge in [-0.25, -0.2) is 0 Å². The predicted octanol–water partition coefficient (Wildman–Crippen LogP) is 4.15. The third-order valence-corrected chi connectivity index (χ3v) is 5.15. The first kappa shape index (κ1) is 22.4. The van der Waals surface area contributed by atoms with Crippen molar-refractivity contribution in [3.63, 3.8) is 0 Å². The molecule has 1 amide bonds. The van der Waals surface area contributed by atoms with Gasteiger partial charge >= 0.3 is 6.18 Å². The van der Waals surface area contributed by atoms with Gasteiger partial charge in [-0.05, 0) is 36.8 Å². The molecule has 0 bridgehead atoms. The molecule has 166 valence electrons. The number of nitrogens with one attached hydrogen (secondary N) is 1. The van der Waals surface area contributed by atoms with E-state index < -0.39 is 16.7 Å². The Kier molecular flexibility index (Phi) is 6.98. The highest BCUT2D eigenvalue weighted by atomic mass is 19.4. The molecule has 0 aliphatic carbocycles. The summed E-state index contributed by atoms with van der Waals surface area (Å²) in [6, 6.07) is 11.3. The van der Waals surface area contributed by atoms with E-state index in [0.29, 0.717) is 51.3 Å². The number of amides is 1. The molecule has 10 heteroatoms. The molecule has 1 saturated heterocycles. The fourth-order valence-corrected chi connectivity index (χ4v) is 3.42. The highest BCUT2D eigenvalue weighted by molar-refractivity contribution is 5.76. The Morgan fingerprint density at radius 1 is 1.06 bits per heavy atom. The van der Waals surface area contributed by atoms with Gasteiger partial charge in [0.05, 0.1) is 10.5 Å². The number of piperazine rings is 1. The Morgan fingerprint density at radius 3 is 2.35 bits per heavy atom. The second-order valence-corrected chi connectivity index (χ2v) is 7.25. The summed E-state index contributed by atoms with van der Waals surface area (Å²) in [4.78, 5) is 26.2. The van der Waals surface area contributed by atoms with Crippen molar-refractivity contribution in [2.24, 2.45) is 0 Å². The van der Waals surface area contributed by atoms with E-state index >= 15 is 0 Å². The summed E-state index contributed by atoms with van der Waals surface area (Å²) >= 11 is 0. The van der Waals surface area contributed by atoms with Gasteiger partial charge in [0.1, 0.15) is 0 Å². The molecule has 1 aliphatic heterocycles. The molecule has 1 heterocycles. The number of nitro benzene ring substituents is 1. The summed E-state index contributed by atoms with van der Waals surface area (Å²) < 4.78 is 38.7. The van der Waals surface area contributed by atoms with Gasteiger partial charge < -0.3 is 15.1 Å². The highest BCUT2D eigenvalue weighted by Gasteiger charge is 2.31. The maximum atomic E-state index is 12.9. The van der Waals surface area contributed by atoms with E-state index in [1.54, 1.807) is 23.1 Å². The summed E-state index contributed by atoms with van der Waals surface area (Å²) in [5.41, 5.74) is 0.594. The number of halogens is 3. The van der Waals surface area contributed by atoms with Gasteiger partial charge in [0.25, 0.3) is 5.69 Å². The average molecular weight is 436 g/mol. The fraction of sp³-hybridized carbons (Fsp3) is 0.381. The van der Waals surface area contributed by atoms with Crippen molar-refractivity contribution in [2.75, 3.05) is 42.9 Å². The lowest BCUT2D eigenvalue weighted by Gasteiger charge is -2.36. The lowest BCUT2D eigenvalue weighted by molar-refractivity contribution is -0.384. The van der Waals surface area contributed by atoms with Gasteiger partial charge in [0.15, 0.2) is 0 Å². The predicted molar refractivity (Wildman–Crippen MR) is 111 cm³/mol. The first-order chi connectivity index (χ1) is 14.7. The Bertz CT molecular complexity index is 911. The van der Waals surface area contributed by atoms with Crippen LogP contribution in [0.2, 0.25) is 0 Å². The molecule has 0 atom stereocenters. The Balaban J connectivity index is 1.41. The molecule has 1 N–H and O–H groups in total. The normalized spacial score (nSPS) is 14.4. The second-order valence-electron chi connectivity index (χ2n) is 7.25. The zero-order valence-corrected chi connectivity index (χ0v) is 16.8. The van der Waals surface area contributed by atoms with Crippen molar-refractivity contribution in [1.82, 2.24) is 4.90 Å². The number of anilines is 2. The minimum Gasteiger partial charge on any atom is -0.385 e. The van der Waals surface area contributed by atoms with E-state index in [4.69, 9.17) is 0 Å². The van der Waals surface area contributed by atoms with E-state index in [1.807, 2.05) is 4.90 Å². The average Bonchev–Trinajstić information content (AvgIpc) is 2.76. The van der Waals surface area contributed by atoms with Crippen molar-refractivity contribution < 1.29 is 22.9 Å². The third kappa shape index (κ3) is 6.09. The highest BCUT2D eigenvalue weighted by Crippen LogP contribution is 2.31. The lowest BCUT2D eigenvalue weighted by atomic mass is 10.1. The number of rotatable bonds is 7. The number of nitrogens with zero attached hydrogens (tertiary/aromatic N) is 3. The Morgan fingerprint density at radius 2 is 1.74 bits per heavy atom. The number of carbonyl (C=O) groups excluding carboxylic acids is 1. The van der Waals surface area contributed by atoms with E-state index in [9.17, 15) is 28.1 Å². The van der Waals surface area contributed by atoms with Crippen molar-refractivity contribution in [3.05, 3.63) is 64.2 Å². The number of benzene rings is 2. The Labute approximate surface area is 177 Å². The summed E-state index contributed by atoms with van der Waals surface area (Å²) in [5.74, 6) is 0.00851. The van der Waals surface area contributed by atoms with E-state index in [0.717, 1.165) is 17.8 Å². The van der Waals surface area contributed by atoms with Crippen LogP contribution in [0, 0.1) is 10.1 Å². The summed E-state index contributed by atoms with van der Waals surface area (Å²) in [7, 11) is 0. The second kappa shape index (κ2) is 9.67.